The van der Waals surface area contributed by atoms with E-state index >= 15 is 0 Å². The van der Waals surface area contributed by atoms with Crippen molar-refractivity contribution in [2.24, 2.45) is 5.11 Å². The molecule has 1 amide bonds. The monoisotopic (exact) mass is 438 g/mol. The van der Waals surface area contributed by atoms with Gasteiger partial charge in [0.1, 0.15) is 0 Å². The third-order valence-corrected chi connectivity index (χ3v) is 5.44. The molecule has 0 bridgehead atoms. The first-order valence-electron chi connectivity index (χ1n) is 8.86. The number of thioether (sulfide) groups is 2. The maximum absolute atomic E-state index is 12.3. The number of azide groups is 1. The van der Waals surface area contributed by atoms with Crippen molar-refractivity contribution in [3.63, 3.8) is 0 Å². The fourth-order valence-corrected chi connectivity index (χ4v) is 3.61. The minimum absolute atomic E-state index is 0.0563. The van der Waals surface area contributed by atoms with Crippen molar-refractivity contribution in [2.75, 3.05) is 12.3 Å². The van der Waals surface area contributed by atoms with Crippen LogP contribution in [0.25, 0.3) is 10.4 Å². The van der Waals surface area contributed by atoms with Crippen LogP contribution in [0.5, 0.6) is 0 Å². The summed E-state index contributed by atoms with van der Waals surface area (Å²) in [7, 11) is 0. The standard InChI is InChI=1S/C18H22N4O5S2/c19-22-20-11-5-4-8-15(23)21-14(18(27)28-12-16(24)25)9-10-17(26)29-13-6-2-1-3-7-13/h1-3,6-7,14H,4-5,8-12H2,(H,21,23)(H,24,25)/t14-/m0/s1. The van der Waals surface area contributed by atoms with Gasteiger partial charge in [-0.25, -0.2) is 0 Å². The number of rotatable bonds is 13. The number of hydrogen-bond donors (Lipinski definition) is 2. The molecule has 1 aromatic rings. The smallest absolute Gasteiger partial charge is 0.313 e. The second-order valence-electron chi connectivity index (χ2n) is 5.86. The van der Waals surface area contributed by atoms with Gasteiger partial charge in [-0.2, -0.15) is 0 Å². The van der Waals surface area contributed by atoms with Crippen molar-refractivity contribution in [1.82, 2.24) is 5.32 Å². The first-order chi connectivity index (χ1) is 13.9. The summed E-state index contributed by atoms with van der Waals surface area (Å²) in [4.78, 5) is 50.6. The van der Waals surface area contributed by atoms with E-state index in [9.17, 15) is 19.2 Å². The van der Waals surface area contributed by atoms with Crippen LogP contribution in [0.15, 0.2) is 40.3 Å². The van der Waals surface area contributed by atoms with Gasteiger partial charge < -0.3 is 10.4 Å². The van der Waals surface area contributed by atoms with Gasteiger partial charge in [0.25, 0.3) is 0 Å². The van der Waals surface area contributed by atoms with Crippen LogP contribution in [0.3, 0.4) is 0 Å². The highest BCUT2D eigenvalue weighted by Crippen LogP contribution is 2.21. The van der Waals surface area contributed by atoms with Gasteiger partial charge in [-0.1, -0.05) is 46.8 Å². The summed E-state index contributed by atoms with van der Waals surface area (Å²) >= 11 is 1.65. The van der Waals surface area contributed by atoms with Crippen molar-refractivity contribution >= 4 is 45.6 Å². The highest BCUT2D eigenvalue weighted by atomic mass is 32.2. The molecule has 1 atom stereocenters. The summed E-state index contributed by atoms with van der Waals surface area (Å²) in [6.07, 6.45) is 1.31. The van der Waals surface area contributed by atoms with Crippen LogP contribution in [0.2, 0.25) is 0 Å². The summed E-state index contributed by atoms with van der Waals surface area (Å²) in [6, 6.07) is 8.12. The predicted molar refractivity (Wildman–Crippen MR) is 111 cm³/mol. The van der Waals surface area contributed by atoms with Crippen molar-refractivity contribution < 1.29 is 24.3 Å². The van der Waals surface area contributed by atoms with E-state index in [1.807, 2.05) is 18.2 Å². The fraction of sp³-hybridized carbons (Fsp3) is 0.444. The summed E-state index contributed by atoms with van der Waals surface area (Å²) in [5, 5.41) is 14.1. The van der Waals surface area contributed by atoms with Gasteiger partial charge in [0.2, 0.25) is 11.0 Å². The Labute approximate surface area is 176 Å². The minimum atomic E-state index is -1.14. The van der Waals surface area contributed by atoms with Crippen molar-refractivity contribution in [2.45, 2.75) is 43.0 Å². The van der Waals surface area contributed by atoms with Gasteiger partial charge in [0, 0.05) is 29.2 Å². The molecule has 0 spiro atoms. The zero-order valence-electron chi connectivity index (χ0n) is 15.7. The van der Waals surface area contributed by atoms with Gasteiger partial charge in [-0.3, -0.25) is 19.2 Å². The number of unbranched alkanes of at least 4 members (excludes halogenated alkanes) is 1. The average molecular weight is 439 g/mol. The molecule has 156 valence electrons. The zero-order chi connectivity index (χ0) is 21.5. The van der Waals surface area contributed by atoms with Crippen LogP contribution in [0, 0.1) is 0 Å². The van der Waals surface area contributed by atoms with Gasteiger partial charge in [0.15, 0.2) is 5.12 Å². The van der Waals surface area contributed by atoms with Crippen molar-refractivity contribution in [1.29, 1.82) is 0 Å². The third kappa shape index (κ3) is 11.8. The van der Waals surface area contributed by atoms with Crippen LogP contribution in [0.1, 0.15) is 32.1 Å². The molecular weight excluding hydrogens is 416 g/mol. The van der Waals surface area contributed by atoms with E-state index in [-0.39, 0.29) is 36.8 Å². The molecule has 2 N–H and O–H groups in total. The molecule has 0 aliphatic rings. The lowest BCUT2D eigenvalue weighted by Crippen LogP contribution is -2.40. The van der Waals surface area contributed by atoms with Crippen LogP contribution < -0.4 is 5.32 Å². The molecule has 11 heteroatoms. The molecule has 1 aromatic carbocycles. The van der Waals surface area contributed by atoms with Gasteiger partial charge in [0.05, 0.1) is 11.8 Å². The number of nitrogens with one attached hydrogen (secondary N) is 1. The Bertz CT molecular complexity index is 754. The van der Waals surface area contributed by atoms with Crippen LogP contribution in [0.4, 0.5) is 0 Å². The molecule has 0 saturated heterocycles. The molecule has 0 unspecified atom stereocenters. The zero-order valence-corrected chi connectivity index (χ0v) is 17.3. The molecule has 0 saturated carbocycles. The SMILES string of the molecule is [N-]=[N+]=NCCCCC(=O)N[C@@H](CCC(=O)Sc1ccccc1)C(=O)SCC(=O)O. The van der Waals surface area contributed by atoms with Crippen LogP contribution in [-0.2, 0) is 19.2 Å². The maximum atomic E-state index is 12.3. The quantitative estimate of drug-likeness (QED) is 0.157. The lowest BCUT2D eigenvalue weighted by atomic mass is 10.1. The number of hydrogen-bond acceptors (Lipinski definition) is 7. The Kier molecular flexibility index (Phi) is 12.3. The van der Waals surface area contributed by atoms with E-state index < -0.39 is 22.9 Å². The Morgan fingerprint density at radius 3 is 2.52 bits per heavy atom. The highest BCUT2D eigenvalue weighted by Gasteiger charge is 2.23. The number of carbonyl (C=O) groups is 4. The van der Waals surface area contributed by atoms with E-state index in [4.69, 9.17) is 10.6 Å². The Morgan fingerprint density at radius 2 is 1.86 bits per heavy atom. The summed E-state index contributed by atoms with van der Waals surface area (Å²) in [5.41, 5.74) is 8.21. The largest absolute Gasteiger partial charge is 0.481 e. The highest BCUT2D eigenvalue weighted by molar-refractivity contribution is 8.14. The normalized spacial score (nSPS) is 11.2. The van der Waals surface area contributed by atoms with E-state index in [1.54, 1.807) is 12.1 Å². The molecule has 0 aromatic heterocycles. The third-order valence-electron chi connectivity index (χ3n) is 3.54. The second kappa shape index (κ2) is 14.5. The number of carboxylic acid groups (broad SMARTS) is 1. The first-order valence-corrected chi connectivity index (χ1v) is 10.7. The molecular formula is C18H22N4O5S2. The lowest BCUT2D eigenvalue weighted by Gasteiger charge is -2.16. The molecule has 0 heterocycles. The molecule has 1 rings (SSSR count). The van der Waals surface area contributed by atoms with E-state index in [1.165, 1.54) is 0 Å². The maximum Gasteiger partial charge on any atom is 0.313 e. The number of carbonyl (C=O) groups excluding carboxylic acids is 3. The average Bonchev–Trinajstić information content (AvgIpc) is 2.69. The van der Waals surface area contributed by atoms with E-state index in [0.29, 0.717) is 24.6 Å². The first kappa shape index (κ1) is 24.5. The van der Waals surface area contributed by atoms with Crippen LogP contribution in [-0.4, -0.2) is 45.6 Å². The predicted octanol–water partition coefficient (Wildman–Crippen LogP) is 3.40. The molecule has 9 nitrogen and oxygen atoms in total. The van der Waals surface area contributed by atoms with Gasteiger partial charge in [-0.15, -0.1) is 0 Å². The lowest BCUT2D eigenvalue weighted by molar-refractivity contribution is -0.134. The fourth-order valence-electron chi connectivity index (χ4n) is 2.19. The minimum Gasteiger partial charge on any atom is -0.481 e. The number of aliphatic carboxylic acids is 1. The van der Waals surface area contributed by atoms with E-state index in [2.05, 4.69) is 15.3 Å². The number of carboxylic acids is 1. The number of amides is 1. The Morgan fingerprint density at radius 1 is 1.14 bits per heavy atom. The van der Waals surface area contributed by atoms with Crippen molar-refractivity contribution in [3.05, 3.63) is 40.8 Å². The number of benzene rings is 1. The topological polar surface area (TPSA) is 149 Å². The van der Waals surface area contributed by atoms with Crippen LogP contribution >= 0.6 is 23.5 Å². The van der Waals surface area contributed by atoms with Gasteiger partial charge in [-0.05, 0) is 36.9 Å². The van der Waals surface area contributed by atoms with Crippen molar-refractivity contribution in [3.8, 4) is 0 Å². The Balaban J connectivity index is 2.56. The number of nitrogens with zero attached hydrogens (tertiary/aromatic N) is 3. The second-order valence-corrected chi connectivity index (χ2v) is 7.97. The molecule has 29 heavy (non-hydrogen) atoms. The summed E-state index contributed by atoms with van der Waals surface area (Å²) in [6.45, 7) is 0.284. The molecule has 0 aliphatic heterocycles. The Hall–Kier alpha value is -2.49. The molecule has 0 radical (unpaired) electrons. The summed E-state index contributed by atoms with van der Waals surface area (Å²) < 4.78 is 0. The van der Waals surface area contributed by atoms with E-state index in [0.717, 1.165) is 16.7 Å². The van der Waals surface area contributed by atoms with Gasteiger partial charge >= 0.3 is 5.97 Å². The molecule has 0 aliphatic carbocycles. The summed E-state index contributed by atoms with van der Waals surface area (Å²) in [5.74, 6) is -1.92. The molecule has 0 fully saturated rings.